The fourth-order valence-corrected chi connectivity index (χ4v) is 2.02. The van der Waals surface area contributed by atoms with Crippen LogP contribution in [0.3, 0.4) is 0 Å². The fourth-order valence-electron chi connectivity index (χ4n) is 1.05. The lowest BCUT2D eigenvalue weighted by atomic mass is 10.1. The second kappa shape index (κ2) is 5.09. The van der Waals surface area contributed by atoms with Crippen molar-refractivity contribution in [3.63, 3.8) is 0 Å². The molecular formula is C9H13NO3S. The van der Waals surface area contributed by atoms with E-state index < -0.39 is 0 Å². The molecule has 1 aromatic heterocycles. The van der Waals surface area contributed by atoms with Crippen molar-refractivity contribution in [3.8, 4) is 0 Å². The zero-order chi connectivity index (χ0) is 10.6. The maximum atomic E-state index is 11.1. The molecule has 0 aliphatic rings. The van der Waals surface area contributed by atoms with Gasteiger partial charge in [-0.2, -0.15) is 0 Å². The lowest BCUT2D eigenvalue weighted by Crippen LogP contribution is -2.07. The van der Waals surface area contributed by atoms with Gasteiger partial charge in [-0.1, -0.05) is 6.92 Å². The van der Waals surface area contributed by atoms with Crippen LogP contribution in [0.4, 0.5) is 0 Å². The molecule has 5 heteroatoms. The first-order valence-corrected chi connectivity index (χ1v) is 5.00. The van der Waals surface area contributed by atoms with E-state index in [4.69, 9.17) is 5.90 Å². The topological polar surface area (TPSA) is 61.5 Å². The van der Waals surface area contributed by atoms with Crippen molar-refractivity contribution in [2.24, 2.45) is 5.90 Å². The van der Waals surface area contributed by atoms with Gasteiger partial charge in [0.2, 0.25) is 0 Å². The van der Waals surface area contributed by atoms with E-state index in [0.717, 1.165) is 4.88 Å². The summed E-state index contributed by atoms with van der Waals surface area (Å²) >= 11 is 1.40. The van der Waals surface area contributed by atoms with Crippen LogP contribution in [0, 0.1) is 0 Å². The molecule has 14 heavy (non-hydrogen) atoms. The first kappa shape index (κ1) is 11.2. The number of thiophene rings is 1. The second-order valence-electron chi connectivity index (χ2n) is 2.93. The molecule has 0 radical (unpaired) electrons. The number of carbonyl (C=O) groups excluding carboxylic acids is 1. The van der Waals surface area contributed by atoms with Crippen LogP contribution in [0.2, 0.25) is 0 Å². The highest BCUT2D eigenvalue weighted by molar-refractivity contribution is 7.14. The van der Waals surface area contributed by atoms with Gasteiger partial charge >= 0.3 is 5.97 Å². The minimum atomic E-state index is -0.304. The molecule has 0 saturated heterocycles. The third-order valence-corrected chi connectivity index (χ3v) is 3.14. The van der Waals surface area contributed by atoms with Gasteiger partial charge in [0.25, 0.3) is 0 Å². The maximum Gasteiger partial charge on any atom is 0.348 e. The van der Waals surface area contributed by atoms with Gasteiger partial charge in [0.1, 0.15) is 4.88 Å². The summed E-state index contributed by atoms with van der Waals surface area (Å²) in [6.45, 7) is 2.43. The first-order valence-electron chi connectivity index (χ1n) is 4.18. The molecule has 0 bridgehead atoms. The quantitative estimate of drug-likeness (QED) is 0.611. The van der Waals surface area contributed by atoms with E-state index >= 15 is 0 Å². The highest BCUT2D eigenvalue weighted by Crippen LogP contribution is 2.25. The summed E-state index contributed by atoms with van der Waals surface area (Å²) in [5.74, 6) is 4.87. The molecule has 0 aliphatic heterocycles. The molecule has 1 rings (SSSR count). The third kappa shape index (κ3) is 2.54. The Morgan fingerprint density at radius 3 is 2.93 bits per heavy atom. The van der Waals surface area contributed by atoms with E-state index in [1.165, 1.54) is 18.4 Å². The molecule has 0 spiro atoms. The number of nitrogens with two attached hydrogens (primary N) is 1. The average Bonchev–Trinajstić information content (AvgIpc) is 2.66. The van der Waals surface area contributed by atoms with Crippen LogP contribution in [-0.4, -0.2) is 19.7 Å². The Morgan fingerprint density at radius 2 is 2.36 bits per heavy atom. The molecule has 2 N–H and O–H groups in total. The largest absolute Gasteiger partial charge is 0.465 e. The van der Waals surface area contributed by atoms with Crippen LogP contribution >= 0.6 is 11.3 Å². The van der Waals surface area contributed by atoms with E-state index in [-0.39, 0.29) is 11.9 Å². The van der Waals surface area contributed by atoms with Crippen molar-refractivity contribution in [2.75, 3.05) is 13.7 Å². The number of hydrogen-bond donors (Lipinski definition) is 1. The standard InChI is InChI=1S/C9H13NO3S/c1-6(5-13-10)7-3-4-8(14-7)9(11)12-2/h3-4,6H,5,10H2,1-2H3. The number of carbonyl (C=O) groups is 1. The van der Waals surface area contributed by atoms with Gasteiger partial charge in [0.05, 0.1) is 13.7 Å². The van der Waals surface area contributed by atoms with Crippen LogP contribution < -0.4 is 5.90 Å². The van der Waals surface area contributed by atoms with Crippen molar-refractivity contribution in [2.45, 2.75) is 12.8 Å². The van der Waals surface area contributed by atoms with E-state index in [2.05, 4.69) is 9.57 Å². The summed E-state index contributed by atoms with van der Waals surface area (Å²) in [4.78, 5) is 17.4. The van der Waals surface area contributed by atoms with Gasteiger partial charge in [-0.05, 0) is 12.1 Å². The molecule has 0 fully saturated rings. The van der Waals surface area contributed by atoms with Crippen molar-refractivity contribution in [1.82, 2.24) is 0 Å². The predicted molar refractivity (Wildman–Crippen MR) is 54.2 cm³/mol. The van der Waals surface area contributed by atoms with Gasteiger partial charge in [0.15, 0.2) is 0 Å². The van der Waals surface area contributed by atoms with Crippen LogP contribution in [0.15, 0.2) is 12.1 Å². The Kier molecular flexibility index (Phi) is 4.06. The lowest BCUT2D eigenvalue weighted by molar-refractivity contribution is 0.0606. The van der Waals surface area contributed by atoms with Crippen molar-refractivity contribution >= 4 is 17.3 Å². The molecule has 4 nitrogen and oxygen atoms in total. The van der Waals surface area contributed by atoms with Crippen LogP contribution in [0.25, 0.3) is 0 Å². The molecule has 0 amide bonds. The zero-order valence-corrected chi connectivity index (χ0v) is 8.97. The normalized spacial score (nSPS) is 12.5. The van der Waals surface area contributed by atoms with Gasteiger partial charge in [-0.25, -0.2) is 10.7 Å². The van der Waals surface area contributed by atoms with Gasteiger partial charge in [-0.15, -0.1) is 11.3 Å². The molecular weight excluding hydrogens is 202 g/mol. The van der Waals surface area contributed by atoms with E-state index in [0.29, 0.717) is 11.5 Å². The molecule has 1 aromatic rings. The molecule has 0 aliphatic carbocycles. The molecule has 1 heterocycles. The summed E-state index contributed by atoms with van der Waals surface area (Å²) in [6.07, 6.45) is 0. The molecule has 0 saturated carbocycles. The van der Waals surface area contributed by atoms with E-state index in [1.807, 2.05) is 13.0 Å². The first-order chi connectivity index (χ1) is 6.69. The summed E-state index contributed by atoms with van der Waals surface area (Å²) < 4.78 is 4.60. The summed E-state index contributed by atoms with van der Waals surface area (Å²) in [5, 5.41) is 0. The number of ether oxygens (including phenoxy) is 1. The highest BCUT2D eigenvalue weighted by atomic mass is 32.1. The smallest absolute Gasteiger partial charge is 0.348 e. The molecule has 1 atom stereocenters. The minimum Gasteiger partial charge on any atom is -0.465 e. The van der Waals surface area contributed by atoms with Crippen LogP contribution in [0.1, 0.15) is 27.4 Å². The summed E-state index contributed by atoms with van der Waals surface area (Å²) in [7, 11) is 1.37. The van der Waals surface area contributed by atoms with E-state index in [1.54, 1.807) is 6.07 Å². The fraction of sp³-hybridized carbons (Fsp3) is 0.444. The SMILES string of the molecule is COC(=O)c1ccc(C(C)CON)s1. The molecule has 78 valence electrons. The molecule has 1 unspecified atom stereocenters. The number of hydrogen-bond acceptors (Lipinski definition) is 5. The number of methoxy groups -OCH3 is 1. The minimum absolute atomic E-state index is 0.198. The monoisotopic (exact) mass is 215 g/mol. The van der Waals surface area contributed by atoms with Crippen LogP contribution in [-0.2, 0) is 9.57 Å². The average molecular weight is 215 g/mol. The lowest BCUT2D eigenvalue weighted by Gasteiger charge is -2.05. The maximum absolute atomic E-state index is 11.1. The van der Waals surface area contributed by atoms with Gasteiger partial charge < -0.3 is 9.57 Å². The number of rotatable bonds is 4. The Bertz CT molecular complexity index is 311. The van der Waals surface area contributed by atoms with Crippen molar-refractivity contribution in [1.29, 1.82) is 0 Å². The van der Waals surface area contributed by atoms with Crippen LogP contribution in [0.5, 0.6) is 0 Å². The zero-order valence-electron chi connectivity index (χ0n) is 8.15. The summed E-state index contributed by atoms with van der Waals surface area (Å²) in [6, 6.07) is 3.64. The Hall–Kier alpha value is -0.910. The summed E-state index contributed by atoms with van der Waals surface area (Å²) in [5.41, 5.74) is 0. The predicted octanol–water partition coefficient (Wildman–Crippen LogP) is 1.53. The van der Waals surface area contributed by atoms with Crippen molar-refractivity contribution in [3.05, 3.63) is 21.9 Å². The highest BCUT2D eigenvalue weighted by Gasteiger charge is 2.13. The molecule has 0 aromatic carbocycles. The Morgan fingerprint density at radius 1 is 1.64 bits per heavy atom. The van der Waals surface area contributed by atoms with Gasteiger partial charge in [0, 0.05) is 10.8 Å². The second-order valence-corrected chi connectivity index (χ2v) is 4.04. The Labute approximate surface area is 86.6 Å². The van der Waals surface area contributed by atoms with Crippen molar-refractivity contribution < 1.29 is 14.4 Å². The van der Waals surface area contributed by atoms with Gasteiger partial charge in [-0.3, -0.25) is 0 Å². The third-order valence-electron chi connectivity index (χ3n) is 1.85. The Balaban J connectivity index is 2.72. The van der Waals surface area contributed by atoms with E-state index in [9.17, 15) is 4.79 Å². The number of esters is 1.